The smallest absolute Gasteiger partial charge is 0.387 e. The number of hydrogen-bond acceptors (Lipinski definition) is 37. The second-order valence-electron chi connectivity index (χ2n) is 20.4. The molecule has 8 aromatic heterocycles. The first-order valence-electron chi connectivity index (χ1n) is 26.3. The number of nitrogen functional groups attached to an aromatic ring is 4. The summed E-state index contributed by atoms with van der Waals surface area (Å²) in [5, 5.41) is 46.3. The highest BCUT2D eigenvalue weighted by Crippen LogP contribution is 2.55. The summed E-state index contributed by atoms with van der Waals surface area (Å²) in [4.78, 5) is 120. The summed E-state index contributed by atoms with van der Waals surface area (Å²) >= 11 is 0. The van der Waals surface area contributed by atoms with Crippen LogP contribution in [0.2, 0.25) is 0 Å². The molecule has 93 heavy (non-hydrogen) atoms. The monoisotopic (exact) mass is 1410 g/mol. The fourth-order valence-corrected chi connectivity index (χ4v) is 14.1. The predicted molar refractivity (Wildman–Crippen MR) is 295 cm³/mol. The van der Waals surface area contributed by atoms with Gasteiger partial charge in [-0.05, 0) is 0 Å². The number of phosphoric ester groups is 5. The van der Waals surface area contributed by atoms with Crippen LogP contribution >= 0.6 is 39.1 Å². The van der Waals surface area contributed by atoms with Crippen molar-refractivity contribution in [3.63, 3.8) is 0 Å². The average Bonchev–Trinajstić information content (AvgIpc) is 1.65. The molecule has 4 fully saturated rings. The molecule has 0 spiro atoms. The molecule has 0 bridgehead atoms. The Hall–Kier alpha value is -6.37. The minimum Gasteiger partial charge on any atom is -0.387 e. The number of anilines is 4. The average molecular weight is 1410 g/mol. The zero-order chi connectivity index (χ0) is 66.4. The van der Waals surface area contributed by atoms with Gasteiger partial charge in [0.05, 0.1) is 51.7 Å². The van der Waals surface area contributed by atoms with E-state index >= 15 is 0 Å². The van der Waals surface area contributed by atoms with Gasteiger partial charge in [-0.1, -0.05) is 0 Å². The Balaban J connectivity index is 0.757. The van der Waals surface area contributed by atoms with Crippen LogP contribution in [0.3, 0.4) is 0 Å². The van der Waals surface area contributed by atoms with Crippen LogP contribution in [0.1, 0.15) is 24.9 Å². The van der Waals surface area contributed by atoms with Crippen LogP contribution in [0.5, 0.6) is 0 Å². The lowest BCUT2D eigenvalue weighted by atomic mass is 10.1. The summed E-state index contributed by atoms with van der Waals surface area (Å²) < 4.78 is 135. The van der Waals surface area contributed by atoms with Gasteiger partial charge in [-0.15, -0.1) is 0 Å². The lowest BCUT2D eigenvalue weighted by Crippen LogP contribution is -2.37. The molecule has 0 aliphatic carbocycles. The molecule has 3 unspecified atom stereocenters. The Kier molecular flexibility index (Phi) is 18.1. The quantitative estimate of drug-likeness (QED) is 0.0255. The summed E-state index contributed by atoms with van der Waals surface area (Å²) in [7, 11) is -27.4. The van der Waals surface area contributed by atoms with Crippen molar-refractivity contribution in [2.75, 3.05) is 49.4 Å². The number of ether oxygens (including phenoxy) is 4. The van der Waals surface area contributed by atoms with Gasteiger partial charge in [-0.25, -0.2) is 82.6 Å². The molecule has 504 valence electrons. The zero-order valence-corrected chi connectivity index (χ0v) is 50.7. The van der Waals surface area contributed by atoms with Crippen molar-refractivity contribution < 1.29 is 133 Å². The molecule has 8 aromatic rings. The minimum absolute atomic E-state index is 0.000116. The van der Waals surface area contributed by atoms with E-state index in [0.29, 0.717) is 0 Å². The second kappa shape index (κ2) is 25.3. The molecule has 0 radical (unpaired) electrons. The fraction of sp³-hybridized carbons (Fsp3) is 0.500. The van der Waals surface area contributed by atoms with Crippen LogP contribution in [-0.2, 0) is 78.0 Å². The Morgan fingerprint density at radius 1 is 0.355 bits per heavy atom. The van der Waals surface area contributed by atoms with Crippen molar-refractivity contribution in [1.29, 1.82) is 0 Å². The standard InChI is InChI=1S/C40H51N20O28P5/c41-29-17-33(49-5-45-29)57(9-53-17)37-25(85-90(68,69)70)21(61)14(82-37)2-78-91(71,72)87-27-23(63)16(84-39(27)59-11-55-19-31(43)47-7-51-35(19)59)4-80-93(75,76)88-28-24(64)15(83-40(28)60-12-56-20-32(44)48-8-52-36(20)60)3-79-92(73,74)86-26-22(62)13(1-77-89(65,66)67)81-38(26)58-10-54-18-30(42)46-6-50-34(18)58/h5-16,21-28,37-40,61-64H,1-4H2,(H,71,72)(H,73,74)(H,75,76)(H2,41,45,49)(H2,42,46,50)(H2,43,47,51)(H2,44,48,52)(H2,65,66,67)(H2,68,69,70)/t13-,14-,15-,16-,21-,22+,23+,24+,25-,26-,27-,28-,37-,38-,39-,40-/m1/s1. The molecule has 4 aliphatic rings. The molecule has 0 amide bonds. The summed E-state index contributed by atoms with van der Waals surface area (Å²) in [6.45, 7) is -4.43. The first kappa shape index (κ1) is 66.6. The highest BCUT2D eigenvalue weighted by Gasteiger charge is 2.56. The summed E-state index contributed by atoms with van der Waals surface area (Å²) in [5.74, 6) is -0.560. The lowest BCUT2D eigenvalue weighted by molar-refractivity contribution is -0.0655. The number of rotatable bonds is 24. The molecule has 0 saturated carbocycles. The molecule has 53 heteroatoms. The number of hydrogen-bond donors (Lipinski definition) is 15. The van der Waals surface area contributed by atoms with E-state index in [1.165, 1.54) is 0 Å². The first-order chi connectivity index (χ1) is 43.8. The van der Waals surface area contributed by atoms with Gasteiger partial charge in [-0.2, -0.15) is 0 Å². The highest BCUT2D eigenvalue weighted by molar-refractivity contribution is 7.48. The third kappa shape index (κ3) is 13.6. The number of fused-ring (bicyclic) bond motifs is 4. The van der Waals surface area contributed by atoms with Crippen LogP contribution in [-0.4, -0.2) is 232 Å². The maximum absolute atomic E-state index is 14.2. The van der Waals surface area contributed by atoms with Crippen molar-refractivity contribution in [3.8, 4) is 0 Å². The predicted octanol–water partition coefficient (Wildman–Crippen LogP) is -4.20. The second-order valence-corrected chi connectivity index (χ2v) is 27.1. The summed E-state index contributed by atoms with van der Waals surface area (Å²) in [6.07, 6.45) is -22.3. The summed E-state index contributed by atoms with van der Waals surface area (Å²) in [5.41, 5.74) is 23.4. The molecule has 12 heterocycles. The van der Waals surface area contributed by atoms with Gasteiger partial charge < -0.3 is 96.6 Å². The van der Waals surface area contributed by atoms with Crippen LogP contribution in [0.15, 0.2) is 50.6 Å². The third-order valence-corrected chi connectivity index (χ3v) is 18.5. The highest BCUT2D eigenvalue weighted by atomic mass is 31.2. The van der Waals surface area contributed by atoms with Gasteiger partial charge >= 0.3 is 39.1 Å². The van der Waals surface area contributed by atoms with Crippen molar-refractivity contribution in [2.24, 2.45) is 0 Å². The van der Waals surface area contributed by atoms with Gasteiger partial charge in [0.15, 0.2) is 70.8 Å². The maximum atomic E-state index is 14.2. The minimum atomic E-state index is -5.68. The number of nitrogens with zero attached hydrogens (tertiary/aromatic N) is 16. The lowest BCUT2D eigenvalue weighted by Gasteiger charge is -2.25. The Morgan fingerprint density at radius 3 is 0.828 bits per heavy atom. The van der Waals surface area contributed by atoms with E-state index in [0.717, 1.165) is 68.9 Å². The SMILES string of the molecule is Nc1ncnc2c1ncn2[C@@H]1O[C@H](COP(=O)(O)O)[C@H](O)[C@H]1OP(=O)(O)OC[C@H]1O[C@@H](n2cnc3c(N)ncnc32)[C@H](OP(=O)(O)OC[C@H]2O[C@@H](n3cnc4c(N)ncnc43)[C@H](OP(=O)(O)OC[C@H]3O[C@@H](n4cnc5c(N)ncnc54)[C@H](OP(=O)(O)O)[C@@H]3O)[C@H]2O)[C@H]1O. The van der Waals surface area contributed by atoms with E-state index in [2.05, 4.69) is 64.3 Å². The number of nitrogens with two attached hydrogens (primary N) is 4. The van der Waals surface area contributed by atoms with Gasteiger partial charge in [0.1, 0.15) is 121 Å². The summed E-state index contributed by atoms with van der Waals surface area (Å²) in [6, 6.07) is 0. The van der Waals surface area contributed by atoms with Crippen molar-refractivity contribution >= 4 is 107 Å². The van der Waals surface area contributed by atoms with Crippen LogP contribution in [0, 0.1) is 0 Å². The number of aromatic nitrogens is 16. The number of imidazole rings is 4. The molecule has 4 aliphatic heterocycles. The Labute approximate surface area is 514 Å². The fourth-order valence-electron chi connectivity index (χ4n) is 10.4. The van der Waals surface area contributed by atoms with E-state index in [4.69, 9.17) is 73.5 Å². The Morgan fingerprint density at radius 2 is 0.591 bits per heavy atom. The van der Waals surface area contributed by atoms with Gasteiger partial charge in [0, 0.05) is 0 Å². The molecular weight excluding hydrogens is 1360 g/mol. The topological polar surface area (TPSA) is 697 Å². The van der Waals surface area contributed by atoms with E-state index in [-0.39, 0.29) is 67.9 Å². The molecule has 48 nitrogen and oxygen atoms in total. The molecule has 19 atom stereocenters. The van der Waals surface area contributed by atoms with E-state index in [1.807, 2.05) is 0 Å². The molecule has 12 rings (SSSR count). The van der Waals surface area contributed by atoms with E-state index in [1.54, 1.807) is 0 Å². The van der Waals surface area contributed by atoms with Gasteiger partial charge in [-0.3, -0.25) is 54.5 Å². The third-order valence-electron chi connectivity index (χ3n) is 14.5. The van der Waals surface area contributed by atoms with E-state index < -0.39 is 164 Å². The maximum Gasteiger partial charge on any atom is 0.472 e. The van der Waals surface area contributed by atoms with Crippen molar-refractivity contribution in [3.05, 3.63) is 50.6 Å². The first-order valence-corrected chi connectivity index (χ1v) is 33.9. The van der Waals surface area contributed by atoms with Gasteiger partial charge in [0.25, 0.3) is 0 Å². The number of aliphatic hydroxyl groups is 4. The largest absolute Gasteiger partial charge is 0.472 e. The normalized spacial score (nSPS) is 30.7. The molecule has 19 N–H and O–H groups in total. The van der Waals surface area contributed by atoms with E-state index in [9.17, 15) is 77.5 Å². The van der Waals surface area contributed by atoms with Crippen molar-refractivity contribution in [1.82, 2.24) is 78.1 Å². The molecule has 4 saturated heterocycles. The van der Waals surface area contributed by atoms with Crippen molar-refractivity contribution in [2.45, 2.75) is 98.2 Å². The van der Waals surface area contributed by atoms with Crippen LogP contribution in [0.25, 0.3) is 44.7 Å². The zero-order valence-electron chi connectivity index (χ0n) is 46.2. The van der Waals surface area contributed by atoms with Crippen LogP contribution < -0.4 is 22.9 Å². The number of phosphoric acid groups is 5. The number of aliphatic hydroxyl groups excluding tert-OH is 4. The molecular formula is C40H51N20O28P5. The van der Waals surface area contributed by atoms with Gasteiger partial charge in [0.2, 0.25) is 0 Å². The Bertz CT molecular complexity index is 4350. The van der Waals surface area contributed by atoms with Crippen LogP contribution in [0.4, 0.5) is 23.3 Å². The molecule has 0 aromatic carbocycles.